The Bertz CT molecular complexity index is 1190. The average Bonchev–Trinajstić information content (AvgIpc) is 2.68. The topological polar surface area (TPSA) is 71.9 Å². The Morgan fingerprint density at radius 2 is 1.87 bits per heavy atom. The summed E-state index contributed by atoms with van der Waals surface area (Å²) in [6, 6.07) is 8.13. The number of amidine groups is 1. The number of hydrogen-bond donors (Lipinski definition) is 0. The number of alkyl halides is 3. The van der Waals surface area contributed by atoms with E-state index in [0.717, 1.165) is 6.07 Å². The maximum absolute atomic E-state index is 13.1. The first-order valence-electron chi connectivity index (χ1n) is 8.61. The molecule has 0 spiro atoms. The van der Waals surface area contributed by atoms with Gasteiger partial charge in [0, 0.05) is 24.5 Å². The standard InChI is InChI=1S/C19H13ClF3N3O3S/c20-13-10-15(17-25-30(27,28)9-8-26(17)11-13)12-3-5-14(6-4-12)29-18-16(19(21,22)23)2-1-7-24-18/h1-7,10-11H,8-9H2. The van der Waals surface area contributed by atoms with E-state index in [-0.39, 0.29) is 23.9 Å². The summed E-state index contributed by atoms with van der Waals surface area (Å²) in [4.78, 5) is 5.31. The number of nitrogens with zero attached hydrogens (tertiary/aromatic N) is 3. The van der Waals surface area contributed by atoms with Crippen LogP contribution < -0.4 is 4.74 Å². The zero-order valence-corrected chi connectivity index (χ0v) is 16.7. The molecule has 6 nitrogen and oxygen atoms in total. The number of rotatable bonds is 3. The third kappa shape index (κ3) is 4.19. The van der Waals surface area contributed by atoms with Crippen LogP contribution in [0, 0.1) is 0 Å². The number of sulfonamides is 1. The fourth-order valence-corrected chi connectivity index (χ4v) is 4.19. The highest BCUT2D eigenvalue weighted by Gasteiger charge is 2.35. The summed E-state index contributed by atoms with van der Waals surface area (Å²) in [6.45, 7) is 0.218. The largest absolute Gasteiger partial charge is 0.438 e. The predicted octanol–water partition coefficient (Wildman–Crippen LogP) is 4.41. The quantitative estimate of drug-likeness (QED) is 0.685. The molecule has 1 aromatic heterocycles. The normalized spacial score (nSPS) is 18.1. The van der Waals surface area contributed by atoms with Crippen LogP contribution in [0.15, 0.2) is 64.3 Å². The fourth-order valence-electron chi connectivity index (χ4n) is 2.98. The van der Waals surface area contributed by atoms with E-state index in [1.165, 1.54) is 24.4 Å². The summed E-state index contributed by atoms with van der Waals surface area (Å²) in [5.74, 6) is -0.308. The Labute approximate surface area is 175 Å². The molecule has 0 amide bonds. The van der Waals surface area contributed by atoms with Crippen LogP contribution in [0.3, 0.4) is 0 Å². The Hall–Kier alpha value is -2.85. The second-order valence-corrected chi connectivity index (χ2v) is 8.64. The average molecular weight is 456 g/mol. The molecule has 4 rings (SSSR count). The number of allylic oxidation sites excluding steroid dienone is 2. The van der Waals surface area contributed by atoms with Crippen molar-refractivity contribution in [1.29, 1.82) is 0 Å². The van der Waals surface area contributed by atoms with Crippen molar-refractivity contribution >= 4 is 33.0 Å². The number of ether oxygens (including phenoxy) is 1. The molecule has 11 heteroatoms. The number of aromatic nitrogens is 1. The number of hydrogen-bond acceptors (Lipinski definition) is 5. The maximum Gasteiger partial charge on any atom is 0.421 e. The molecule has 0 unspecified atom stereocenters. The Morgan fingerprint density at radius 3 is 2.57 bits per heavy atom. The molecule has 1 aromatic carbocycles. The van der Waals surface area contributed by atoms with Crippen LogP contribution in [0.1, 0.15) is 11.1 Å². The van der Waals surface area contributed by atoms with Crippen LogP contribution in [0.5, 0.6) is 11.6 Å². The van der Waals surface area contributed by atoms with Crippen LogP contribution in [0.4, 0.5) is 13.2 Å². The minimum Gasteiger partial charge on any atom is -0.438 e. The van der Waals surface area contributed by atoms with Crippen molar-refractivity contribution in [1.82, 2.24) is 9.88 Å². The summed E-state index contributed by atoms with van der Waals surface area (Å²) in [5.41, 5.74) is 0.0658. The smallest absolute Gasteiger partial charge is 0.421 e. The molecule has 2 aliphatic rings. The highest BCUT2D eigenvalue weighted by molar-refractivity contribution is 7.90. The van der Waals surface area contributed by atoms with Gasteiger partial charge in [-0.15, -0.1) is 4.40 Å². The molecule has 2 aliphatic heterocycles. The fraction of sp³-hybridized carbons (Fsp3) is 0.158. The Morgan fingerprint density at radius 1 is 1.13 bits per heavy atom. The summed E-state index contributed by atoms with van der Waals surface area (Å²) in [6.07, 6.45) is -0.228. The van der Waals surface area contributed by atoms with Gasteiger partial charge in [0.25, 0.3) is 10.0 Å². The van der Waals surface area contributed by atoms with E-state index in [0.29, 0.717) is 16.2 Å². The first-order chi connectivity index (χ1) is 14.1. The summed E-state index contributed by atoms with van der Waals surface area (Å²) in [7, 11) is -3.59. The van der Waals surface area contributed by atoms with Gasteiger partial charge in [-0.3, -0.25) is 0 Å². The molecular formula is C19H13ClF3N3O3S. The molecule has 0 N–H and O–H groups in total. The molecule has 0 fully saturated rings. The van der Waals surface area contributed by atoms with Crippen molar-refractivity contribution in [2.75, 3.05) is 12.3 Å². The minimum atomic E-state index is -4.60. The zero-order chi connectivity index (χ0) is 21.5. The lowest BCUT2D eigenvalue weighted by Gasteiger charge is -2.30. The highest BCUT2D eigenvalue weighted by Crippen LogP contribution is 2.37. The van der Waals surface area contributed by atoms with Crippen molar-refractivity contribution in [3.05, 3.63) is 71.0 Å². The second kappa shape index (κ2) is 7.44. The van der Waals surface area contributed by atoms with Gasteiger partial charge in [0.15, 0.2) is 5.84 Å². The molecule has 2 aromatic rings. The van der Waals surface area contributed by atoms with E-state index < -0.39 is 27.6 Å². The summed E-state index contributed by atoms with van der Waals surface area (Å²) in [5, 5.41) is 0.395. The molecule has 3 heterocycles. The van der Waals surface area contributed by atoms with Crippen LogP contribution in [0.2, 0.25) is 0 Å². The van der Waals surface area contributed by atoms with Gasteiger partial charge >= 0.3 is 6.18 Å². The highest BCUT2D eigenvalue weighted by atomic mass is 35.5. The van der Waals surface area contributed by atoms with Crippen molar-refractivity contribution in [2.24, 2.45) is 4.40 Å². The minimum absolute atomic E-state index is 0.122. The zero-order valence-electron chi connectivity index (χ0n) is 15.1. The Kier molecular flexibility index (Phi) is 5.07. The molecule has 0 saturated heterocycles. The van der Waals surface area contributed by atoms with E-state index >= 15 is 0 Å². The van der Waals surface area contributed by atoms with E-state index in [2.05, 4.69) is 9.38 Å². The second-order valence-electron chi connectivity index (χ2n) is 6.45. The van der Waals surface area contributed by atoms with E-state index in [9.17, 15) is 21.6 Å². The van der Waals surface area contributed by atoms with Crippen LogP contribution in [-0.2, 0) is 16.2 Å². The molecule has 30 heavy (non-hydrogen) atoms. The lowest BCUT2D eigenvalue weighted by Crippen LogP contribution is -2.38. The molecule has 0 bridgehead atoms. The van der Waals surface area contributed by atoms with Crippen LogP contribution in [0.25, 0.3) is 5.57 Å². The van der Waals surface area contributed by atoms with Crippen molar-refractivity contribution in [3.8, 4) is 11.6 Å². The molecule has 0 radical (unpaired) electrons. The molecule has 0 saturated carbocycles. The maximum atomic E-state index is 13.1. The van der Waals surface area contributed by atoms with Crippen molar-refractivity contribution < 1.29 is 26.3 Å². The summed E-state index contributed by atoms with van der Waals surface area (Å²) >= 11 is 6.15. The third-order valence-electron chi connectivity index (χ3n) is 4.35. The number of fused-ring (bicyclic) bond motifs is 1. The van der Waals surface area contributed by atoms with Gasteiger partial charge in [-0.25, -0.2) is 13.4 Å². The molecular weight excluding hydrogens is 443 g/mol. The van der Waals surface area contributed by atoms with Gasteiger partial charge in [0.05, 0.1) is 10.8 Å². The first-order valence-corrected chi connectivity index (χ1v) is 10.6. The first kappa shape index (κ1) is 20.4. The summed E-state index contributed by atoms with van der Waals surface area (Å²) < 4.78 is 72.3. The van der Waals surface area contributed by atoms with Crippen LogP contribution >= 0.6 is 11.6 Å². The molecule has 0 atom stereocenters. The lowest BCUT2D eigenvalue weighted by atomic mass is 10.0. The van der Waals surface area contributed by atoms with Gasteiger partial charge in [-0.2, -0.15) is 13.2 Å². The van der Waals surface area contributed by atoms with Crippen LogP contribution in [-0.4, -0.2) is 36.4 Å². The third-order valence-corrected chi connectivity index (χ3v) is 5.70. The van der Waals surface area contributed by atoms with E-state index in [1.54, 1.807) is 29.3 Å². The predicted molar refractivity (Wildman–Crippen MR) is 106 cm³/mol. The number of pyridine rings is 1. The van der Waals surface area contributed by atoms with Gasteiger partial charge in [0.1, 0.15) is 11.3 Å². The van der Waals surface area contributed by atoms with Gasteiger partial charge in [0.2, 0.25) is 5.88 Å². The van der Waals surface area contributed by atoms with Crippen molar-refractivity contribution in [3.63, 3.8) is 0 Å². The molecule has 156 valence electrons. The number of benzene rings is 1. The van der Waals surface area contributed by atoms with E-state index in [4.69, 9.17) is 16.3 Å². The van der Waals surface area contributed by atoms with Gasteiger partial charge < -0.3 is 9.64 Å². The Balaban J connectivity index is 1.65. The monoisotopic (exact) mass is 455 g/mol. The SMILES string of the molecule is O=S1(=O)CCN2C=C(Cl)C=C(c3ccc(Oc4ncccc4C(F)(F)F)cc3)C2=N1. The number of halogens is 4. The lowest BCUT2D eigenvalue weighted by molar-refractivity contribution is -0.138. The molecule has 0 aliphatic carbocycles. The van der Waals surface area contributed by atoms with Gasteiger partial charge in [-0.05, 0) is 35.9 Å². The van der Waals surface area contributed by atoms with E-state index in [1.807, 2.05) is 0 Å². The van der Waals surface area contributed by atoms with Gasteiger partial charge in [-0.1, -0.05) is 23.7 Å². The van der Waals surface area contributed by atoms with Crippen molar-refractivity contribution in [2.45, 2.75) is 6.18 Å².